The van der Waals surface area contributed by atoms with Crippen LogP contribution in [0.25, 0.3) is 0 Å². The van der Waals surface area contributed by atoms with E-state index in [2.05, 4.69) is 22.0 Å². The van der Waals surface area contributed by atoms with Crippen molar-refractivity contribution in [2.45, 2.75) is 6.92 Å². The number of rotatable bonds is 0. The molecule has 0 saturated heterocycles. The van der Waals surface area contributed by atoms with Crippen LogP contribution in [-0.4, -0.2) is 0 Å². The van der Waals surface area contributed by atoms with E-state index in [1.54, 1.807) is 0 Å². The van der Waals surface area contributed by atoms with Gasteiger partial charge in [0.25, 0.3) is 0 Å². The van der Waals surface area contributed by atoms with Crippen molar-refractivity contribution in [2.75, 3.05) is 0 Å². The molecule has 2 heteroatoms. The molecule has 0 heterocycles. The van der Waals surface area contributed by atoms with Gasteiger partial charge in [-0.25, -0.2) is 0 Å². The van der Waals surface area contributed by atoms with Crippen molar-refractivity contribution < 1.29 is 0 Å². The van der Waals surface area contributed by atoms with Crippen LogP contribution in [0.3, 0.4) is 0 Å². The smallest absolute Gasteiger partial charge is 0.101 e. The van der Waals surface area contributed by atoms with E-state index in [1.165, 1.54) is 0 Å². The Kier molecular flexibility index (Phi) is 2.08. The molecule has 0 spiro atoms. The zero-order valence-electron chi connectivity index (χ0n) is 5.56. The molecular weight excluding hydrogens is 190 g/mol. The van der Waals surface area contributed by atoms with Crippen LogP contribution in [0.2, 0.25) is 0 Å². The lowest BCUT2D eigenvalue weighted by atomic mass is 10.1. The molecule has 50 valence electrons. The highest BCUT2D eigenvalue weighted by atomic mass is 79.9. The summed E-state index contributed by atoms with van der Waals surface area (Å²) in [5.74, 6) is 0. The fourth-order valence-corrected chi connectivity index (χ4v) is 1.33. The second kappa shape index (κ2) is 2.85. The van der Waals surface area contributed by atoms with E-state index in [-0.39, 0.29) is 0 Å². The molecular formula is C8H6BrN. The fourth-order valence-electron chi connectivity index (χ4n) is 0.774. The number of benzene rings is 1. The molecule has 0 aliphatic carbocycles. The molecule has 1 aromatic carbocycles. The molecule has 0 radical (unpaired) electrons. The average Bonchev–Trinajstić information content (AvgIpc) is 1.88. The van der Waals surface area contributed by atoms with E-state index >= 15 is 0 Å². The standard InChI is InChI=1S/C8H6BrN/c1-6-3-2-4-8(9)7(6)5-10/h2-4H,1H3. The Morgan fingerprint density at radius 1 is 1.50 bits per heavy atom. The van der Waals surface area contributed by atoms with Crippen LogP contribution >= 0.6 is 15.9 Å². The largest absolute Gasteiger partial charge is 0.192 e. The molecule has 0 aromatic heterocycles. The van der Waals surface area contributed by atoms with E-state index in [1.807, 2.05) is 25.1 Å². The van der Waals surface area contributed by atoms with Gasteiger partial charge in [0, 0.05) is 4.47 Å². The predicted octanol–water partition coefficient (Wildman–Crippen LogP) is 2.63. The lowest BCUT2D eigenvalue weighted by Gasteiger charge is -1.96. The lowest BCUT2D eigenvalue weighted by molar-refractivity contribution is 1.37. The normalized spacial score (nSPS) is 8.90. The monoisotopic (exact) mass is 195 g/mol. The van der Waals surface area contributed by atoms with Crippen molar-refractivity contribution in [1.29, 1.82) is 5.26 Å². The topological polar surface area (TPSA) is 23.8 Å². The minimum absolute atomic E-state index is 0.725. The maximum absolute atomic E-state index is 8.62. The summed E-state index contributed by atoms with van der Waals surface area (Å²) in [7, 11) is 0. The summed E-state index contributed by atoms with van der Waals surface area (Å²) >= 11 is 3.28. The Bertz CT molecular complexity index is 266. The highest BCUT2D eigenvalue weighted by molar-refractivity contribution is 9.10. The van der Waals surface area contributed by atoms with Crippen LogP contribution in [-0.2, 0) is 0 Å². The van der Waals surface area contributed by atoms with Gasteiger partial charge in [-0.15, -0.1) is 0 Å². The minimum Gasteiger partial charge on any atom is -0.192 e. The Hall–Kier alpha value is -0.810. The van der Waals surface area contributed by atoms with Crippen LogP contribution in [0.1, 0.15) is 11.1 Å². The highest BCUT2D eigenvalue weighted by Crippen LogP contribution is 2.18. The third kappa shape index (κ3) is 1.19. The Morgan fingerprint density at radius 3 is 2.60 bits per heavy atom. The summed E-state index contributed by atoms with van der Waals surface area (Å²) in [5.41, 5.74) is 1.74. The van der Waals surface area contributed by atoms with Crippen molar-refractivity contribution >= 4 is 15.9 Å². The molecule has 0 aliphatic rings. The second-order valence-corrected chi connectivity index (χ2v) is 2.90. The van der Waals surface area contributed by atoms with E-state index in [9.17, 15) is 0 Å². The summed E-state index contributed by atoms with van der Waals surface area (Å²) in [6, 6.07) is 7.82. The maximum atomic E-state index is 8.62. The molecule has 1 rings (SSSR count). The highest BCUT2D eigenvalue weighted by Gasteiger charge is 1.99. The van der Waals surface area contributed by atoms with Crippen molar-refractivity contribution in [1.82, 2.24) is 0 Å². The fraction of sp³-hybridized carbons (Fsp3) is 0.125. The van der Waals surface area contributed by atoms with Crippen molar-refractivity contribution in [2.24, 2.45) is 0 Å². The Labute approximate surface area is 68.4 Å². The van der Waals surface area contributed by atoms with Crippen molar-refractivity contribution in [3.05, 3.63) is 33.8 Å². The maximum Gasteiger partial charge on any atom is 0.101 e. The third-order valence-electron chi connectivity index (χ3n) is 1.33. The molecule has 1 nitrogen and oxygen atoms in total. The Morgan fingerprint density at radius 2 is 2.20 bits per heavy atom. The molecule has 0 unspecified atom stereocenters. The first-order valence-corrected chi connectivity index (χ1v) is 3.70. The molecule has 0 bridgehead atoms. The van der Waals surface area contributed by atoms with E-state index in [0.29, 0.717) is 0 Å². The second-order valence-electron chi connectivity index (χ2n) is 2.04. The minimum atomic E-state index is 0.725. The average molecular weight is 196 g/mol. The van der Waals surface area contributed by atoms with Crippen LogP contribution in [0.4, 0.5) is 0 Å². The van der Waals surface area contributed by atoms with E-state index < -0.39 is 0 Å². The zero-order valence-corrected chi connectivity index (χ0v) is 7.14. The summed E-state index contributed by atoms with van der Waals surface area (Å²) in [4.78, 5) is 0. The molecule has 0 saturated carbocycles. The van der Waals surface area contributed by atoms with Crippen LogP contribution in [0, 0.1) is 18.3 Å². The molecule has 10 heavy (non-hydrogen) atoms. The van der Waals surface area contributed by atoms with Gasteiger partial charge in [0.2, 0.25) is 0 Å². The molecule has 0 N–H and O–H groups in total. The number of hydrogen-bond acceptors (Lipinski definition) is 1. The van der Waals surface area contributed by atoms with E-state index in [0.717, 1.165) is 15.6 Å². The van der Waals surface area contributed by atoms with Gasteiger partial charge in [-0.3, -0.25) is 0 Å². The first-order valence-electron chi connectivity index (χ1n) is 2.91. The van der Waals surface area contributed by atoms with Crippen molar-refractivity contribution in [3.8, 4) is 6.07 Å². The number of nitrogens with zero attached hydrogens (tertiary/aromatic N) is 1. The SMILES string of the molecule is Cc1cccc(Br)c1C#N. The summed E-state index contributed by atoms with van der Waals surface area (Å²) in [5, 5.41) is 8.62. The quantitative estimate of drug-likeness (QED) is 0.625. The number of halogens is 1. The van der Waals surface area contributed by atoms with Crippen LogP contribution in [0.15, 0.2) is 22.7 Å². The summed E-state index contributed by atoms with van der Waals surface area (Å²) < 4.78 is 0.870. The lowest BCUT2D eigenvalue weighted by Crippen LogP contribution is -1.81. The first kappa shape index (κ1) is 7.30. The molecule has 0 atom stereocenters. The van der Waals surface area contributed by atoms with Gasteiger partial charge < -0.3 is 0 Å². The number of hydrogen-bond donors (Lipinski definition) is 0. The third-order valence-corrected chi connectivity index (χ3v) is 1.99. The number of aryl methyl sites for hydroxylation is 1. The Balaban J connectivity index is 3.34. The van der Waals surface area contributed by atoms with Crippen LogP contribution < -0.4 is 0 Å². The van der Waals surface area contributed by atoms with E-state index in [4.69, 9.17) is 5.26 Å². The zero-order chi connectivity index (χ0) is 7.56. The van der Waals surface area contributed by atoms with Crippen LogP contribution in [0.5, 0.6) is 0 Å². The van der Waals surface area contributed by atoms with Gasteiger partial charge in [0.1, 0.15) is 6.07 Å². The van der Waals surface area contributed by atoms with Gasteiger partial charge in [-0.2, -0.15) is 5.26 Å². The molecule has 0 fully saturated rings. The van der Waals surface area contributed by atoms with Gasteiger partial charge in [-0.05, 0) is 34.5 Å². The van der Waals surface area contributed by atoms with Crippen molar-refractivity contribution in [3.63, 3.8) is 0 Å². The number of nitriles is 1. The molecule has 1 aromatic rings. The van der Waals surface area contributed by atoms with Gasteiger partial charge >= 0.3 is 0 Å². The molecule has 0 amide bonds. The van der Waals surface area contributed by atoms with Gasteiger partial charge in [-0.1, -0.05) is 12.1 Å². The first-order chi connectivity index (χ1) is 4.75. The summed E-state index contributed by atoms with van der Waals surface area (Å²) in [6.45, 7) is 1.92. The van der Waals surface area contributed by atoms with Gasteiger partial charge in [0.05, 0.1) is 5.56 Å². The van der Waals surface area contributed by atoms with Gasteiger partial charge in [0.15, 0.2) is 0 Å². The summed E-state index contributed by atoms with van der Waals surface area (Å²) in [6.07, 6.45) is 0. The predicted molar refractivity (Wildman–Crippen MR) is 43.6 cm³/mol. The molecule has 0 aliphatic heterocycles.